The first-order valence-electron chi connectivity index (χ1n) is 13.5. The van der Waals surface area contributed by atoms with Crippen molar-refractivity contribution in [2.45, 2.75) is 31.9 Å². The Hall–Kier alpha value is -3.93. The molecule has 1 aromatic heterocycles. The monoisotopic (exact) mass is 572 g/mol. The molecule has 1 saturated heterocycles. The molecule has 0 bridgehead atoms. The van der Waals surface area contributed by atoms with Gasteiger partial charge in [0.05, 0.1) is 30.4 Å². The lowest BCUT2D eigenvalue weighted by Crippen LogP contribution is -2.44. The second-order valence-corrected chi connectivity index (χ2v) is 10.5. The second-order valence-electron chi connectivity index (χ2n) is 10.5. The molecule has 0 amide bonds. The van der Waals surface area contributed by atoms with Crippen molar-refractivity contribution in [1.82, 2.24) is 25.3 Å². The molecule has 0 aliphatic carbocycles. The van der Waals surface area contributed by atoms with Gasteiger partial charge in [0.15, 0.2) is 11.6 Å². The molecule has 1 fully saturated rings. The summed E-state index contributed by atoms with van der Waals surface area (Å²) in [4.78, 5) is 13.0. The Morgan fingerprint density at radius 3 is 2.59 bits per heavy atom. The molecule has 7 nitrogen and oxygen atoms in total. The Kier molecular flexibility index (Phi) is 6.96. The van der Waals surface area contributed by atoms with Gasteiger partial charge in [-0.05, 0) is 48.9 Å². The lowest BCUT2D eigenvalue weighted by atomic mass is 10.1. The highest BCUT2D eigenvalue weighted by atomic mass is 19.4. The molecular weight excluding hydrogens is 543 g/mol. The van der Waals surface area contributed by atoms with Crippen molar-refractivity contribution in [2.24, 2.45) is 0 Å². The van der Waals surface area contributed by atoms with E-state index in [-0.39, 0.29) is 12.8 Å². The predicted octanol–water partition coefficient (Wildman–Crippen LogP) is 5.69. The van der Waals surface area contributed by atoms with E-state index >= 15 is 0 Å². The van der Waals surface area contributed by atoms with Gasteiger partial charge in [-0.1, -0.05) is 0 Å². The number of anilines is 1. The first-order chi connectivity index (χ1) is 19.6. The Morgan fingerprint density at radius 1 is 1.02 bits per heavy atom. The van der Waals surface area contributed by atoms with Crippen molar-refractivity contribution in [3.8, 4) is 11.4 Å². The number of aromatic nitrogens is 2. The molecule has 0 saturated carbocycles. The summed E-state index contributed by atoms with van der Waals surface area (Å²) in [5, 5.41) is 2.29. The van der Waals surface area contributed by atoms with Crippen LogP contribution in [0.4, 0.5) is 27.6 Å². The van der Waals surface area contributed by atoms with Crippen LogP contribution < -0.4 is 10.3 Å². The molecule has 6 rings (SSSR count). The average molecular weight is 573 g/mol. The number of nitrogens with one attached hydrogen (secondary N) is 1. The number of likely N-dealkylation sites (tertiary alicyclic amines) is 1. The number of fused-ring (bicyclic) bond motifs is 2. The normalized spacial score (nSPS) is 19.3. The third-order valence-electron chi connectivity index (χ3n) is 7.66. The molecule has 3 aliphatic heterocycles. The number of nitrogens with zero attached hydrogens (tertiary/aromatic N) is 5. The number of hydrogen-bond donors (Lipinski definition) is 1. The second kappa shape index (κ2) is 10.5. The van der Waals surface area contributed by atoms with Crippen LogP contribution >= 0.6 is 0 Å². The highest BCUT2D eigenvalue weighted by Crippen LogP contribution is 2.33. The number of piperidine rings is 1. The van der Waals surface area contributed by atoms with Crippen molar-refractivity contribution < 1.29 is 26.7 Å². The fourth-order valence-corrected chi connectivity index (χ4v) is 5.31. The van der Waals surface area contributed by atoms with E-state index in [1.807, 2.05) is 42.5 Å². The quantitative estimate of drug-likeness (QED) is 0.394. The summed E-state index contributed by atoms with van der Waals surface area (Å²) in [5.74, 6) is -1.41. The Morgan fingerprint density at radius 2 is 1.83 bits per heavy atom. The first kappa shape index (κ1) is 27.3. The van der Waals surface area contributed by atoms with Gasteiger partial charge in [0.25, 0.3) is 5.92 Å². The van der Waals surface area contributed by atoms with Gasteiger partial charge in [-0.25, -0.2) is 18.7 Å². The minimum Gasteiger partial charge on any atom is -0.488 e. The van der Waals surface area contributed by atoms with Crippen LogP contribution in [0.25, 0.3) is 22.3 Å². The van der Waals surface area contributed by atoms with E-state index in [0.717, 1.165) is 40.4 Å². The average Bonchev–Trinajstić information content (AvgIpc) is 3.19. The number of rotatable bonds is 5. The van der Waals surface area contributed by atoms with E-state index in [1.165, 1.54) is 12.3 Å². The zero-order valence-corrected chi connectivity index (χ0v) is 22.4. The molecule has 0 atom stereocenters. The standard InChI is InChI=1S/C29H29F5N6O/c1-19-14-20(27-35-16-21-15-22(29(32,33)34)3-4-23(21)37-27)2-5-24(19)39-12-13-41-26-17-36-40(25(26)18-39)11-10-38-8-6-28(30,31)7-9-38/h2-5,14-18,36H,6-13H2,1H3. The maximum absolute atomic E-state index is 13.5. The summed E-state index contributed by atoms with van der Waals surface area (Å²) < 4.78 is 72.2. The lowest BCUT2D eigenvalue weighted by Gasteiger charge is -2.33. The van der Waals surface area contributed by atoms with Crippen LogP contribution in [0.1, 0.15) is 24.0 Å². The molecule has 0 radical (unpaired) electrons. The topological polar surface area (TPSA) is 56.8 Å². The van der Waals surface area contributed by atoms with Gasteiger partial charge in [-0.3, -0.25) is 5.01 Å². The summed E-state index contributed by atoms with van der Waals surface area (Å²) in [6.07, 6.45) is 0.603. The van der Waals surface area contributed by atoms with Gasteiger partial charge < -0.3 is 20.0 Å². The van der Waals surface area contributed by atoms with Crippen molar-refractivity contribution in [2.75, 3.05) is 44.2 Å². The number of hydrazine groups is 1. The minimum atomic E-state index is -4.43. The minimum absolute atomic E-state index is 0.109. The van der Waals surface area contributed by atoms with Crippen molar-refractivity contribution in [3.63, 3.8) is 0 Å². The van der Waals surface area contributed by atoms with Gasteiger partial charge in [0.2, 0.25) is 0 Å². The van der Waals surface area contributed by atoms with Gasteiger partial charge >= 0.3 is 6.18 Å². The number of alkyl halides is 5. The SMILES string of the molecule is Cc1cc(-c2ncc3cc(C(F)(F)F)ccc3n2)ccc1N1C=C2C(=CNN2CCN2CCC(F)(F)CC2)OCC1. The van der Waals surface area contributed by atoms with E-state index in [4.69, 9.17) is 4.74 Å². The molecule has 0 spiro atoms. The van der Waals surface area contributed by atoms with Crippen LogP contribution in [0.5, 0.6) is 0 Å². The van der Waals surface area contributed by atoms with Gasteiger partial charge in [0, 0.05) is 61.5 Å². The van der Waals surface area contributed by atoms with E-state index in [1.54, 1.807) is 0 Å². The molecule has 216 valence electrons. The number of hydrogen-bond acceptors (Lipinski definition) is 7. The van der Waals surface area contributed by atoms with Gasteiger partial charge in [0.1, 0.15) is 12.3 Å². The highest BCUT2D eigenvalue weighted by Gasteiger charge is 2.34. The Bertz CT molecular complexity index is 1510. The third kappa shape index (κ3) is 5.79. The first-order valence-corrected chi connectivity index (χ1v) is 13.5. The van der Waals surface area contributed by atoms with E-state index in [0.29, 0.717) is 56.1 Å². The maximum Gasteiger partial charge on any atom is 0.416 e. The van der Waals surface area contributed by atoms with E-state index < -0.39 is 17.7 Å². The summed E-state index contributed by atoms with van der Waals surface area (Å²) in [6.45, 7) is 5.08. The molecule has 4 heterocycles. The van der Waals surface area contributed by atoms with Crippen LogP contribution in [-0.4, -0.2) is 65.1 Å². The molecular formula is C29H29F5N6O. The molecule has 1 N–H and O–H groups in total. The van der Waals surface area contributed by atoms with E-state index in [2.05, 4.69) is 25.2 Å². The summed E-state index contributed by atoms with van der Waals surface area (Å²) >= 11 is 0. The Balaban J connectivity index is 1.19. The fraction of sp³-hybridized carbons (Fsp3) is 0.379. The predicted molar refractivity (Wildman–Crippen MR) is 145 cm³/mol. The summed E-state index contributed by atoms with van der Waals surface area (Å²) in [7, 11) is 0. The smallest absolute Gasteiger partial charge is 0.416 e. The molecule has 3 aliphatic rings. The van der Waals surface area contributed by atoms with Crippen LogP contribution in [0.3, 0.4) is 0 Å². The zero-order valence-electron chi connectivity index (χ0n) is 22.4. The van der Waals surface area contributed by atoms with Crippen molar-refractivity contribution in [3.05, 3.63) is 77.6 Å². The van der Waals surface area contributed by atoms with Gasteiger partial charge in [-0.2, -0.15) is 13.2 Å². The lowest BCUT2D eigenvalue weighted by molar-refractivity contribution is -0.137. The highest BCUT2D eigenvalue weighted by molar-refractivity contribution is 5.80. The molecule has 41 heavy (non-hydrogen) atoms. The largest absolute Gasteiger partial charge is 0.488 e. The molecule has 12 heteroatoms. The van der Waals surface area contributed by atoms with Crippen molar-refractivity contribution in [1.29, 1.82) is 0 Å². The number of halogens is 5. The zero-order chi connectivity index (χ0) is 28.8. The molecule has 3 aromatic rings. The summed E-state index contributed by atoms with van der Waals surface area (Å²) in [5.41, 5.74) is 6.48. The number of aryl methyl sites for hydroxylation is 1. The van der Waals surface area contributed by atoms with Crippen LogP contribution in [-0.2, 0) is 10.9 Å². The number of benzene rings is 2. The fourth-order valence-electron chi connectivity index (χ4n) is 5.31. The van der Waals surface area contributed by atoms with Crippen LogP contribution in [0.2, 0.25) is 0 Å². The molecule has 2 aromatic carbocycles. The van der Waals surface area contributed by atoms with Crippen LogP contribution in [0.15, 0.2) is 66.5 Å². The van der Waals surface area contributed by atoms with E-state index in [9.17, 15) is 22.0 Å². The van der Waals surface area contributed by atoms with Gasteiger partial charge in [-0.15, -0.1) is 0 Å². The maximum atomic E-state index is 13.5. The Labute approximate surface area is 233 Å². The van der Waals surface area contributed by atoms with Crippen molar-refractivity contribution >= 4 is 16.6 Å². The van der Waals surface area contributed by atoms with Crippen LogP contribution in [0, 0.1) is 6.92 Å². The number of ether oxygens (including phenoxy) is 1. The molecule has 0 unspecified atom stereocenters. The summed E-state index contributed by atoms with van der Waals surface area (Å²) in [6, 6.07) is 9.26. The third-order valence-corrected chi connectivity index (χ3v) is 7.66.